The molecule has 0 amide bonds. The Balaban J connectivity index is 2.53. The predicted octanol–water partition coefficient (Wildman–Crippen LogP) is 2.25. The molecule has 2 N–H and O–H groups in total. The highest BCUT2D eigenvalue weighted by Gasteiger charge is 2.22. The van der Waals surface area contributed by atoms with E-state index in [0.717, 1.165) is 15.7 Å². The molecule has 0 radical (unpaired) electrons. The van der Waals surface area contributed by atoms with Crippen molar-refractivity contribution in [3.63, 3.8) is 0 Å². The highest BCUT2D eigenvalue weighted by Crippen LogP contribution is 2.37. The van der Waals surface area contributed by atoms with E-state index in [9.17, 15) is 0 Å². The molecule has 2 aromatic rings. The van der Waals surface area contributed by atoms with E-state index in [1.807, 2.05) is 25.2 Å². The van der Waals surface area contributed by atoms with Crippen LogP contribution in [-0.2, 0) is 7.05 Å². The van der Waals surface area contributed by atoms with E-state index in [-0.39, 0.29) is 6.04 Å². The number of rotatable bonds is 4. The third-order valence-corrected chi connectivity index (χ3v) is 3.61. The van der Waals surface area contributed by atoms with Crippen molar-refractivity contribution in [1.82, 2.24) is 9.78 Å². The molecule has 0 aliphatic carbocycles. The van der Waals surface area contributed by atoms with Crippen LogP contribution < -0.4 is 15.2 Å². The zero-order valence-electron chi connectivity index (χ0n) is 11.1. The summed E-state index contributed by atoms with van der Waals surface area (Å²) in [6.45, 7) is 0. The summed E-state index contributed by atoms with van der Waals surface area (Å²) in [5, 5.41) is 4.18. The Bertz CT molecular complexity index is 564. The van der Waals surface area contributed by atoms with Crippen molar-refractivity contribution >= 4 is 15.9 Å². The Morgan fingerprint density at radius 3 is 2.58 bits per heavy atom. The number of hydrogen-bond donors (Lipinski definition) is 1. The molecular weight excluding hydrogens is 310 g/mol. The Hall–Kier alpha value is -1.53. The number of para-hydroxylation sites is 1. The van der Waals surface area contributed by atoms with Crippen molar-refractivity contribution in [3.8, 4) is 11.5 Å². The lowest BCUT2D eigenvalue weighted by Gasteiger charge is -2.18. The molecule has 19 heavy (non-hydrogen) atoms. The first-order valence-electron chi connectivity index (χ1n) is 5.74. The summed E-state index contributed by atoms with van der Waals surface area (Å²) in [6.07, 6.45) is 1.72. The Morgan fingerprint density at radius 2 is 2.05 bits per heavy atom. The number of benzene rings is 1. The third kappa shape index (κ3) is 2.46. The highest BCUT2D eigenvalue weighted by atomic mass is 79.9. The molecule has 102 valence electrons. The molecule has 1 atom stereocenters. The number of halogens is 1. The van der Waals surface area contributed by atoms with Crippen LogP contribution in [0.1, 0.15) is 17.3 Å². The zero-order chi connectivity index (χ0) is 14.0. The average Bonchev–Trinajstić information content (AvgIpc) is 2.76. The summed E-state index contributed by atoms with van der Waals surface area (Å²) in [5.74, 6) is 1.30. The number of aryl methyl sites for hydroxylation is 1. The summed E-state index contributed by atoms with van der Waals surface area (Å²) >= 11 is 3.46. The van der Waals surface area contributed by atoms with Gasteiger partial charge in [-0.2, -0.15) is 5.10 Å². The van der Waals surface area contributed by atoms with Crippen molar-refractivity contribution in [1.29, 1.82) is 0 Å². The van der Waals surface area contributed by atoms with Gasteiger partial charge in [0.15, 0.2) is 11.5 Å². The lowest BCUT2D eigenvalue weighted by molar-refractivity contribution is 0.350. The number of aromatic nitrogens is 2. The first-order chi connectivity index (χ1) is 9.10. The number of nitrogens with two attached hydrogens (primary N) is 1. The second-order valence-corrected chi connectivity index (χ2v) is 4.92. The van der Waals surface area contributed by atoms with E-state index in [0.29, 0.717) is 11.5 Å². The molecule has 1 unspecified atom stereocenters. The summed E-state index contributed by atoms with van der Waals surface area (Å²) in [5.41, 5.74) is 8.07. The number of methoxy groups -OCH3 is 2. The van der Waals surface area contributed by atoms with Crippen molar-refractivity contribution < 1.29 is 9.47 Å². The van der Waals surface area contributed by atoms with Gasteiger partial charge in [-0.05, 0) is 22.0 Å². The van der Waals surface area contributed by atoms with Gasteiger partial charge in [0.05, 0.1) is 36.6 Å². The standard InChI is InChI=1S/C13H16BrN3O2/c1-17-12(9(14)7-16-17)11(15)8-5-4-6-10(18-2)13(8)19-3/h4-7,11H,15H2,1-3H3. The molecule has 1 heterocycles. The molecule has 0 bridgehead atoms. The fourth-order valence-electron chi connectivity index (χ4n) is 2.07. The molecule has 0 aliphatic rings. The van der Waals surface area contributed by atoms with Crippen LogP contribution in [0.25, 0.3) is 0 Å². The molecule has 0 aliphatic heterocycles. The van der Waals surface area contributed by atoms with E-state index in [2.05, 4.69) is 21.0 Å². The minimum Gasteiger partial charge on any atom is -0.493 e. The van der Waals surface area contributed by atoms with Gasteiger partial charge in [0.1, 0.15) is 0 Å². The maximum atomic E-state index is 6.34. The van der Waals surface area contributed by atoms with Gasteiger partial charge in [-0.1, -0.05) is 12.1 Å². The topological polar surface area (TPSA) is 62.3 Å². The number of nitrogens with zero attached hydrogens (tertiary/aromatic N) is 2. The molecule has 1 aromatic carbocycles. The first-order valence-corrected chi connectivity index (χ1v) is 6.53. The van der Waals surface area contributed by atoms with Crippen LogP contribution in [-0.4, -0.2) is 24.0 Å². The first kappa shape index (κ1) is 13.9. The van der Waals surface area contributed by atoms with E-state index in [1.54, 1.807) is 25.1 Å². The van der Waals surface area contributed by atoms with Gasteiger partial charge in [-0.15, -0.1) is 0 Å². The Labute approximate surface area is 120 Å². The quantitative estimate of drug-likeness (QED) is 0.936. The van der Waals surface area contributed by atoms with Crippen LogP contribution in [0.15, 0.2) is 28.9 Å². The van der Waals surface area contributed by atoms with Gasteiger partial charge in [0.25, 0.3) is 0 Å². The smallest absolute Gasteiger partial charge is 0.165 e. The highest BCUT2D eigenvalue weighted by molar-refractivity contribution is 9.10. The lowest BCUT2D eigenvalue weighted by atomic mass is 10.0. The molecule has 5 nitrogen and oxygen atoms in total. The zero-order valence-corrected chi connectivity index (χ0v) is 12.6. The Morgan fingerprint density at radius 1 is 1.32 bits per heavy atom. The second-order valence-electron chi connectivity index (χ2n) is 4.06. The van der Waals surface area contributed by atoms with Gasteiger partial charge in [-0.3, -0.25) is 4.68 Å². The summed E-state index contributed by atoms with van der Waals surface area (Å²) < 4.78 is 13.3. The Kier molecular flexibility index (Phi) is 4.11. The van der Waals surface area contributed by atoms with Crippen LogP contribution in [0.5, 0.6) is 11.5 Å². The second kappa shape index (κ2) is 5.63. The molecule has 0 saturated heterocycles. The summed E-state index contributed by atoms with van der Waals surface area (Å²) in [7, 11) is 5.06. The van der Waals surface area contributed by atoms with Crippen LogP contribution in [0.3, 0.4) is 0 Å². The fraction of sp³-hybridized carbons (Fsp3) is 0.308. The van der Waals surface area contributed by atoms with E-state index in [4.69, 9.17) is 15.2 Å². The minimum absolute atomic E-state index is 0.355. The van der Waals surface area contributed by atoms with Gasteiger partial charge in [0.2, 0.25) is 0 Å². The molecule has 1 aromatic heterocycles. The summed E-state index contributed by atoms with van der Waals surface area (Å²) in [6, 6.07) is 5.30. The van der Waals surface area contributed by atoms with Crippen LogP contribution in [0.2, 0.25) is 0 Å². The van der Waals surface area contributed by atoms with Crippen molar-refractivity contribution in [2.24, 2.45) is 12.8 Å². The van der Waals surface area contributed by atoms with Gasteiger partial charge >= 0.3 is 0 Å². The van der Waals surface area contributed by atoms with Crippen LogP contribution >= 0.6 is 15.9 Å². The van der Waals surface area contributed by atoms with Crippen LogP contribution in [0, 0.1) is 0 Å². The van der Waals surface area contributed by atoms with Crippen molar-refractivity contribution in [2.75, 3.05) is 14.2 Å². The van der Waals surface area contributed by atoms with Crippen molar-refractivity contribution in [2.45, 2.75) is 6.04 Å². The van der Waals surface area contributed by atoms with E-state index < -0.39 is 0 Å². The van der Waals surface area contributed by atoms with E-state index >= 15 is 0 Å². The maximum absolute atomic E-state index is 6.34. The normalized spacial score (nSPS) is 12.3. The summed E-state index contributed by atoms with van der Waals surface area (Å²) in [4.78, 5) is 0. The van der Waals surface area contributed by atoms with Crippen LogP contribution in [0.4, 0.5) is 0 Å². The third-order valence-electron chi connectivity index (χ3n) is 3.00. The van der Waals surface area contributed by atoms with E-state index in [1.165, 1.54) is 0 Å². The fourth-order valence-corrected chi connectivity index (χ4v) is 2.67. The monoisotopic (exact) mass is 325 g/mol. The predicted molar refractivity (Wildman–Crippen MR) is 76.5 cm³/mol. The molecule has 0 fully saturated rings. The number of ether oxygens (including phenoxy) is 2. The number of hydrogen-bond acceptors (Lipinski definition) is 4. The lowest BCUT2D eigenvalue weighted by Crippen LogP contribution is -2.17. The SMILES string of the molecule is COc1cccc(C(N)c2c(Br)cnn2C)c1OC. The van der Waals surface area contributed by atoms with Crippen molar-refractivity contribution in [3.05, 3.63) is 40.1 Å². The largest absolute Gasteiger partial charge is 0.493 e. The minimum atomic E-state index is -0.355. The molecule has 0 saturated carbocycles. The molecule has 6 heteroatoms. The average molecular weight is 326 g/mol. The van der Waals surface area contributed by atoms with Gasteiger partial charge < -0.3 is 15.2 Å². The molecule has 2 rings (SSSR count). The maximum Gasteiger partial charge on any atom is 0.165 e. The van der Waals surface area contributed by atoms with Gasteiger partial charge in [-0.25, -0.2) is 0 Å². The molecular formula is C13H16BrN3O2. The molecule has 0 spiro atoms. The van der Waals surface area contributed by atoms with Gasteiger partial charge in [0, 0.05) is 12.6 Å².